The summed E-state index contributed by atoms with van der Waals surface area (Å²) in [5, 5.41) is 15.5. The Balaban J connectivity index is 1.54. The molecule has 1 atom stereocenters. The van der Waals surface area contributed by atoms with Crippen molar-refractivity contribution in [1.82, 2.24) is 15.2 Å². The number of amides is 3. The Hall–Kier alpha value is -2.44. The number of nitrogens with one attached hydrogen (secondary N) is 2. The molecule has 2 heterocycles. The van der Waals surface area contributed by atoms with Crippen LogP contribution in [0.5, 0.6) is 0 Å². The normalized spacial score (nSPS) is 19.6. The molecular formula is C18H22N4O4S. The third kappa shape index (κ3) is 4.12. The molecule has 1 aliphatic heterocycles. The van der Waals surface area contributed by atoms with Crippen molar-refractivity contribution in [2.75, 3.05) is 25.0 Å². The van der Waals surface area contributed by atoms with Gasteiger partial charge in [-0.2, -0.15) is 0 Å². The molecule has 2 fully saturated rings. The van der Waals surface area contributed by atoms with Gasteiger partial charge in [0.2, 0.25) is 5.91 Å². The van der Waals surface area contributed by atoms with Crippen LogP contribution in [0.4, 0.5) is 9.80 Å². The van der Waals surface area contributed by atoms with E-state index in [0.29, 0.717) is 48.1 Å². The minimum atomic E-state index is -1.04. The molecule has 1 aliphatic carbocycles. The third-order valence-electron chi connectivity index (χ3n) is 5.33. The molecule has 3 amide bonds. The maximum Gasteiger partial charge on any atom is 0.320 e. The van der Waals surface area contributed by atoms with E-state index in [1.165, 1.54) is 6.20 Å². The second-order valence-electron chi connectivity index (χ2n) is 6.89. The molecule has 0 aromatic carbocycles. The van der Waals surface area contributed by atoms with Gasteiger partial charge in [0, 0.05) is 24.9 Å². The van der Waals surface area contributed by atoms with Crippen LogP contribution in [-0.2, 0) is 9.59 Å². The number of urea groups is 1. The van der Waals surface area contributed by atoms with E-state index in [1.54, 1.807) is 4.90 Å². The summed E-state index contributed by atoms with van der Waals surface area (Å²) in [6.45, 7) is 0.417. The molecule has 1 aromatic rings. The molecule has 9 heteroatoms. The van der Waals surface area contributed by atoms with Gasteiger partial charge in [-0.15, -0.1) is 6.42 Å². The van der Waals surface area contributed by atoms with E-state index < -0.39 is 18.7 Å². The highest BCUT2D eigenvalue weighted by Gasteiger charge is 2.45. The van der Waals surface area contributed by atoms with Crippen LogP contribution in [0.25, 0.3) is 0 Å². The quantitative estimate of drug-likeness (QED) is 0.664. The van der Waals surface area contributed by atoms with E-state index in [-0.39, 0.29) is 11.3 Å². The summed E-state index contributed by atoms with van der Waals surface area (Å²) < 4.78 is 0. The van der Waals surface area contributed by atoms with Crippen molar-refractivity contribution in [1.29, 1.82) is 0 Å². The summed E-state index contributed by atoms with van der Waals surface area (Å²) in [4.78, 5) is 42.4. The van der Waals surface area contributed by atoms with Crippen LogP contribution in [0, 0.1) is 17.8 Å². The number of hydrogen-bond donors (Lipinski definition) is 3. The number of aliphatic hydroxyl groups excluding tert-OH is 1. The molecule has 8 nitrogen and oxygen atoms in total. The van der Waals surface area contributed by atoms with Crippen molar-refractivity contribution >= 4 is 34.1 Å². The topological polar surface area (TPSA) is 112 Å². The van der Waals surface area contributed by atoms with Gasteiger partial charge in [-0.05, 0) is 31.6 Å². The van der Waals surface area contributed by atoms with Gasteiger partial charge in [0.1, 0.15) is 16.8 Å². The molecular weight excluding hydrogens is 368 g/mol. The standard InChI is InChI=1S/C18H22N4O4S/c1-2-14-19-10-15(27-14)21-17(26)20-12(11-23)16(25)22-8-6-18(7-9-22)5-3-4-13(18)24/h1,10,12,23H,3-9,11H2,(H2,20,21,26)/t12-/m0/s1. The van der Waals surface area contributed by atoms with Crippen LogP contribution < -0.4 is 10.6 Å². The van der Waals surface area contributed by atoms with Crippen LogP contribution in [0.3, 0.4) is 0 Å². The number of Topliss-reactive ketones (excluding diaryl/α,β-unsaturated/α-hetero) is 1. The predicted molar refractivity (Wildman–Crippen MR) is 100 cm³/mol. The van der Waals surface area contributed by atoms with Crippen molar-refractivity contribution < 1.29 is 19.5 Å². The summed E-state index contributed by atoms with van der Waals surface area (Å²) in [5.41, 5.74) is -0.267. The first-order valence-corrected chi connectivity index (χ1v) is 9.72. The highest BCUT2D eigenvalue weighted by atomic mass is 32.1. The summed E-state index contributed by atoms with van der Waals surface area (Å²) in [5.74, 6) is 2.33. The summed E-state index contributed by atoms with van der Waals surface area (Å²) in [7, 11) is 0. The first-order chi connectivity index (χ1) is 13.0. The fraction of sp³-hybridized carbons (Fsp3) is 0.556. The molecule has 3 rings (SSSR count). The molecule has 1 saturated carbocycles. The fourth-order valence-corrected chi connectivity index (χ4v) is 4.41. The Bertz CT molecular complexity index is 777. The predicted octanol–water partition coefficient (Wildman–Crippen LogP) is 0.969. The second kappa shape index (κ2) is 8.06. The SMILES string of the molecule is C#Cc1ncc(NC(=O)N[C@@H](CO)C(=O)N2CCC3(CCCC3=O)CC2)s1. The Labute approximate surface area is 161 Å². The highest BCUT2D eigenvalue weighted by Crippen LogP contribution is 2.43. The van der Waals surface area contributed by atoms with Crippen LogP contribution in [0.2, 0.25) is 0 Å². The number of thiazole rings is 1. The summed E-state index contributed by atoms with van der Waals surface area (Å²) >= 11 is 1.13. The third-order valence-corrected chi connectivity index (χ3v) is 6.18. The molecule has 1 saturated heterocycles. The Morgan fingerprint density at radius 3 is 2.70 bits per heavy atom. The molecule has 1 spiro atoms. The number of rotatable bonds is 4. The first-order valence-electron chi connectivity index (χ1n) is 8.90. The molecule has 0 unspecified atom stereocenters. The van der Waals surface area contributed by atoms with Gasteiger partial charge in [0.25, 0.3) is 0 Å². The van der Waals surface area contributed by atoms with E-state index in [1.807, 2.05) is 0 Å². The van der Waals surface area contributed by atoms with Crippen LogP contribution >= 0.6 is 11.3 Å². The van der Waals surface area contributed by atoms with Gasteiger partial charge >= 0.3 is 6.03 Å². The molecule has 144 valence electrons. The van der Waals surface area contributed by atoms with E-state index in [2.05, 4.69) is 21.5 Å². The van der Waals surface area contributed by atoms with E-state index >= 15 is 0 Å². The lowest BCUT2D eigenvalue weighted by atomic mass is 9.76. The van der Waals surface area contributed by atoms with Crippen molar-refractivity contribution in [3.8, 4) is 12.3 Å². The zero-order chi connectivity index (χ0) is 19.4. The molecule has 3 N–H and O–H groups in total. The lowest BCUT2D eigenvalue weighted by Crippen LogP contribution is -2.54. The number of terminal acetylenes is 1. The monoisotopic (exact) mass is 390 g/mol. The van der Waals surface area contributed by atoms with Crippen LogP contribution in [0.1, 0.15) is 37.1 Å². The number of aliphatic hydroxyl groups is 1. The number of piperidine rings is 1. The fourth-order valence-electron chi connectivity index (χ4n) is 3.79. The number of likely N-dealkylation sites (tertiary alicyclic amines) is 1. The van der Waals surface area contributed by atoms with Crippen LogP contribution in [0.15, 0.2) is 6.20 Å². The molecule has 2 aliphatic rings. The number of nitrogens with zero attached hydrogens (tertiary/aromatic N) is 2. The Morgan fingerprint density at radius 2 is 2.15 bits per heavy atom. The number of carbonyl (C=O) groups excluding carboxylic acids is 3. The molecule has 0 bridgehead atoms. The first kappa shape index (κ1) is 19.3. The maximum atomic E-state index is 12.7. The van der Waals surface area contributed by atoms with Gasteiger partial charge in [0.15, 0.2) is 5.01 Å². The molecule has 27 heavy (non-hydrogen) atoms. The number of carbonyl (C=O) groups is 3. The van der Waals surface area contributed by atoms with Gasteiger partial charge < -0.3 is 15.3 Å². The zero-order valence-electron chi connectivity index (χ0n) is 14.9. The minimum Gasteiger partial charge on any atom is -0.394 e. The number of ketones is 1. The van der Waals surface area contributed by atoms with Crippen molar-refractivity contribution in [3.05, 3.63) is 11.2 Å². The summed E-state index contributed by atoms with van der Waals surface area (Å²) in [6.07, 6.45) is 10.4. The van der Waals surface area contributed by atoms with Gasteiger partial charge in [0.05, 0.1) is 12.8 Å². The molecule has 1 aromatic heterocycles. The lowest BCUT2D eigenvalue weighted by Gasteiger charge is -2.39. The summed E-state index contributed by atoms with van der Waals surface area (Å²) in [6, 6.07) is -1.66. The van der Waals surface area contributed by atoms with Crippen molar-refractivity contribution in [2.24, 2.45) is 5.41 Å². The van der Waals surface area contributed by atoms with Gasteiger partial charge in [-0.25, -0.2) is 9.78 Å². The minimum absolute atomic E-state index is 0.267. The number of aromatic nitrogens is 1. The van der Waals surface area contributed by atoms with Gasteiger partial charge in [-0.3, -0.25) is 14.9 Å². The van der Waals surface area contributed by atoms with E-state index in [4.69, 9.17) is 6.42 Å². The maximum absolute atomic E-state index is 12.7. The van der Waals surface area contributed by atoms with Gasteiger partial charge in [-0.1, -0.05) is 11.3 Å². The lowest BCUT2D eigenvalue weighted by molar-refractivity contribution is -0.139. The average molecular weight is 390 g/mol. The van der Waals surface area contributed by atoms with E-state index in [9.17, 15) is 19.5 Å². The number of anilines is 1. The van der Waals surface area contributed by atoms with E-state index in [0.717, 1.165) is 24.2 Å². The van der Waals surface area contributed by atoms with Crippen molar-refractivity contribution in [2.45, 2.75) is 38.1 Å². The second-order valence-corrected chi connectivity index (χ2v) is 7.92. The van der Waals surface area contributed by atoms with Crippen LogP contribution in [-0.4, -0.2) is 58.5 Å². The zero-order valence-corrected chi connectivity index (χ0v) is 15.7. The average Bonchev–Trinajstić information content (AvgIpc) is 3.27. The van der Waals surface area contributed by atoms with Crippen molar-refractivity contribution in [3.63, 3.8) is 0 Å². The largest absolute Gasteiger partial charge is 0.394 e. The Morgan fingerprint density at radius 1 is 1.41 bits per heavy atom. The highest BCUT2D eigenvalue weighted by molar-refractivity contribution is 7.16. The Kier molecular flexibility index (Phi) is 5.77. The smallest absolute Gasteiger partial charge is 0.320 e. The number of hydrogen-bond acceptors (Lipinski definition) is 6. The molecule has 0 radical (unpaired) electrons.